The fraction of sp³-hybridized carbons (Fsp3) is 0.273. The summed E-state index contributed by atoms with van der Waals surface area (Å²) in [7, 11) is 0. The topological polar surface area (TPSA) is 107 Å². The molecule has 0 saturated carbocycles. The summed E-state index contributed by atoms with van der Waals surface area (Å²) in [5.74, 6) is 0.654. The lowest BCUT2D eigenvalue weighted by Crippen LogP contribution is -2.34. The molecule has 9 nitrogen and oxygen atoms in total. The van der Waals surface area contributed by atoms with Gasteiger partial charge in [0, 0.05) is 11.2 Å². The number of ether oxygens (including phenoxy) is 1. The van der Waals surface area contributed by atoms with Gasteiger partial charge in [-0.2, -0.15) is 4.68 Å². The number of nitrogens with one attached hydrogen (secondary N) is 2. The van der Waals surface area contributed by atoms with Gasteiger partial charge in [0.15, 0.2) is 5.03 Å². The van der Waals surface area contributed by atoms with Gasteiger partial charge >= 0.3 is 5.70 Å². The van der Waals surface area contributed by atoms with Crippen molar-refractivity contribution in [2.24, 2.45) is 0 Å². The maximum absolute atomic E-state index is 12.2. The Morgan fingerprint density at radius 2 is 1.82 bits per heavy atom. The van der Waals surface area contributed by atoms with Crippen LogP contribution >= 0.6 is 23.2 Å². The number of aromatic nitrogens is 3. The smallest absolute Gasteiger partial charge is 0.333 e. The summed E-state index contributed by atoms with van der Waals surface area (Å²) in [6, 6.07) is 14.1. The minimum atomic E-state index is -0.609. The first-order chi connectivity index (χ1) is 15.6. The molecule has 11 heteroatoms. The third kappa shape index (κ3) is 5.94. The Bertz CT molecular complexity index is 1210. The summed E-state index contributed by atoms with van der Waals surface area (Å²) in [5, 5.41) is 26.2. The van der Waals surface area contributed by atoms with E-state index < -0.39 is 16.2 Å². The maximum atomic E-state index is 12.2. The lowest BCUT2D eigenvalue weighted by Gasteiger charge is -2.22. The van der Waals surface area contributed by atoms with Gasteiger partial charge in [0.25, 0.3) is 0 Å². The highest BCUT2D eigenvalue weighted by Crippen LogP contribution is 2.30. The number of nitrogens with zero attached hydrogens (tertiary/aromatic N) is 4. The van der Waals surface area contributed by atoms with Crippen LogP contribution in [-0.2, 0) is 0 Å². The Labute approximate surface area is 201 Å². The molecular formula is C22H24Cl2N6O3. The molecule has 33 heavy (non-hydrogen) atoms. The number of fused-ring (bicyclic) bond motifs is 1. The van der Waals surface area contributed by atoms with Gasteiger partial charge in [-0.15, -0.1) is 5.10 Å². The van der Waals surface area contributed by atoms with E-state index in [0.717, 1.165) is 0 Å². The van der Waals surface area contributed by atoms with Crippen molar-refractivity contribution in [3.05, 3.63) is 74.5 Å². The van der Waals surface area contributed by atoms with E-state index >= 15 is 0 Å². The molecule has 0 aliphatic heterocycles. The van der Waals surface area contributed by atoms with E-state index in [4.69, 9.17) is 27.9 Å². The number of rotatable bonds is 8. The summed E-state index contributed by atoms with van der Waals surface area (Å²) < 4.78 is 6.79. The molecular weight excluding hydrogens is 467 g/mol. The largest absolute Gasteiger partial charge is 0.494 e. The number of nitro groups is 1. The number of hydrogen-bond acceptors (Lipinski definition) is 7. The molecule has 0 aliphatic rings. The van der Waals surface area contributed by atoms with Gasteiger partial charge in [-0.3, -0.25) is 10.1 Å². The molecule has 0 bridgehead atoms. The minimum absolute atomic E-state index is 0.0169. The van der Waals surface area contributed by atoms with Gasteiger partial charge in [0.05, 0.1) is 17.0 Å². The summed E-state index contributed by atoms with van der Waals surface area (Å²) in [6.07, 6.45) is 0. The van der Waals surface area contributed by atoms with Crippen LogP contribution < -0.4 is 15.4 Å². The first-order valence-electron chi connectivity index (χ1n) is 10.1. The first-order valence-corrected chi connectivity index (χ1v) is 10.9. The van der Waals surface area contributed by atoms with Gasteiger partial charge in [0.2, 0.25) is 5.82 Å². The normalized spacial score (nSPS) is 13.3. The molecule has 0 radical (unpaired) electrons. The van der Waals surface area contributed by atoms with Crippen LogP contribution in [0.5, 0.6) is 5.75 Å². The van der Waals surface area contributed by atoms with Crippen molar-refractivity contribution >= 4 is 45.7 Å². The molecule has 1 heterocycles. The average Bonchev–Trinajstić information content (AvgIpc) is 3.17. The summed E-state index contributed by atoms with van der Waals surface area (Å²) in [4.78, 5) is 11.6. The summed E-state index contributed by atoms with van der Waals surface area (Å²) >= 11 is 12.8. The SMILES string of the molecule is CCOc1ccc(NC(=C(C(Cl)=C(Cl)NC(C)(C)C)[N+](=O)[O-])n2nnc3ccccc32)cc1. The molecule has 2 aromatic carbocycles. The molecule has 0 atom stereocenters. The Balaban J connectivity index is 2.22. The molecule has 0 fully saturated rings. The van der Waals surface area contributed by atoms with E-state index in [0.29, 0.717) is 29.1 Å². The first kappa shape index (κ1) is 24.3. The van der Waals surface area contributed by atoms with E-state index in [-0.39, 0.29) is 16.0 Å². The highest BCUT2D eigenvalue weighted by Gasteiger charge is 2.30. The summed E-state index contributed by atoms with van der Waals surface area (Å²) in [5.41, 5.74) is 0.723. The van der Waals surface area contributed by atoms with Gasteiger partial charge in [-0.1, -0.05) is 40.5 Å². The molecule has 0 spiro atoms. The van der Waals surface area contributed by atoms with Crippen LogP contribution in [-0.4, -0.2) is 32.1 Å². The van der Waals surface area contributed by atoms with Crippen molar-refractivity contribution in [3.8, 4) is 5.75 Å². The Morgan fingerprint density at radius 3 is 2.42 bits per heavy atom. The zero-order chi connectivity index (χ0) is 24.2. The highest BCUT2D eigenvalue weighted by molar-refractivity contribution is 6.40. The van der Waals surface area contributed by atoms with Crippen molar-refractivity contribution in [2.75, 3.05) is 11.9 Å². The average molecular weight is 491 g/mol. The molecule has 3 rings (SSSR count). The second-order valence-electron chi connectivity index (χ2n) is 8.03. The lowest BCUT2D eigenvalue weighted by molar-refractivity contribution is -0.419. The second-order valence-corrected chi connectivity index (χ2v) is 8.79. The van der Waals surface area contributed by atoms with Crippen LogP contribution in [0.3, 0.4) is 0 Å². The Morgan fingerprint density at radius 1 is 1.15 bits per heavy atom. The van der Waals surface area contributed by atoms with Crippen LogP contribution in [0.25, 0.3) is 16.9 Å². The molecule has 1 aromatic heterocycles. The number of benzene rings is 2. The van der Waals surface area contributed by atoms with Crippen LogP contribution in [0, 0.1) is 10.1 Å². The zero-order valence-corrected chi connectivity index (χ0v) is 20.1. The van der Waals surface area contributed by atoms with Gasteiger partial charge < -0.3 is 15.4 Å². The zero-order valence-electron chi connectivity index (χ0n) is 18.6. The predicted octanol–water partition coefficient (Wildman–Crippen LogP) is 5.38. The van der Waals surface area contributed by atoms with Crippen LogP contribution in [0.2, 0.25) is 0 Å². The molecule has 174 valence electrons. The van der Waals surface area contributed by atoms with Crippen LogP contribution in [0.15, 0.2) is 64.4 Å². The molecule has 0 saturated heterocycles. The number of allylic oxidation sites excluding steroid dienone is 1. The standard InChI is InChI=1S/C22H24Cl2N6O3/c1-5-33-15-12-10-14(11-13-15)25-21(29-17-9-7-6-8-16(17)27-28-29)19(30(31)32)18(23)20(24)26-22(2,3)4/h6-13,25-26H,5H2,1-4H3. The highest BCUT2D eigenvalue weighted by atomic mass is 35.5. The Hall–Kier alpha value is -3.30. The fourth-order valence-corrected chi connectivity index (χ4v) is 3.52. The number of anilines is 1. The molecule has 3 aromatic rings. The van der Waals surface area contributed by atoms with E-state index in [1.54, 1.807) is 48.5 Å². The molecule has 0 aliphatic carbocycles. The Kier molecular flexibility index (Phi) is 7.45. The van der Waals surface area contributed by atoms with Gasteiger partial charge in [-0.25, -0.2) is 0 Å². The summed E-state index contributed by atoms with van der Waals surface area (Å²) in [6.45, 7) is 7.99. The van der Waals surface area contributed by atoms with E-state index in [1.807, 2.05) is 27.7 Å². The van der Waals surface area contributed by atoms with Gasteiger partial charge in [0.1, 0.15) is 16.4 Å². The van der Waals surface area contributed by atoms with Crippen molar-refractivity contribution in [1.82, 2.24) is 20.3 Å². The third-order valence-electron chi connectivity index (χ3n) is 4.28. The van der Waals surface area contributed by atoms with Crippen LogP contribution in [0.1, 0.15) is 27.7 Å². The lowest BCUT2D eigenvalue weighted by atomic mass is 10.1. The quantitative estimate of drug-likeness (QED) is 0.189. The van der Waals surface area contributed by atoms with Crippen molar-refractivity contribution < 1.29 is 9.66 Å². The van der Waals surface area contributed by atoms with E-state index in [2.05, 4.69) is 20.9 Å². The molecule has 0 amide bonds. The third-order valence-corrected chi connectivity index (χ3v) is 5.03. The molecule has 0 unspecified atom stereocenters. The fourth-order valence-electron chi connectivity index (χ4n) is 2.94. The monoisotopic (exact) mass is 490 g/mol. The van der Waals surface area contributed by atoms with E-state index in [9.17, 15) is 10.1 Å². The van der Waals surface area contributed by atoms with Crippen LogP contribution in [0.4, 0.5) is 5.69 Å². The van der Waals surface area contributed by atoms with Crippen molar-refractivity contribution in [1.29, 1.82) is 0 Å². The van der Waals surface area contributed by atoms with Gasteiger partial charge in [-0.05, 0) is 64.1 Å². The number of hydrogen-bond donors (Lipinski definition) is 2. The molecule has 2 N–H and O–H groups in total. The predicted molar refractivity (Wildman–Crippen MR) is 131 cm³/mol. The van der Waals surface area contributed by atoms with Crippen molar-refractivity contribution in [2.45, 2.75) is 33.2 Å². The van der Waals surface area contributed by atoms with Crippen molar-refractivity contribution in [3.63, 3.8) is 0 Å². The minimum Gasteiger partial charge on any atom is -0.494 e. The number of para-hydroxylation sites is 1. The second kappa shape index (κ2) is 10.1. The van der Waals surface area contributed by atoms with E-state index in [1.165, 1.54) is 4.68 Å². The maximum Gasteiger partial charge on any atom is 0.333 e. The number of halogens is 2.